The second-order valence-electron chi connectivity index (χ2n) is 4.38. The maximum absolute atomic E-state index is 4.13. The molecule has 0 N–H and O–H groups in total. The molecular formula is C17H16AuS2. The van der Waals surface area contributed by atoms with Crippen LogP contribution in [0.4, 0.5) is 0 Å². The van der Waals surface area contributed by atoms with Crippen LogP contribution in [-0.2, 0) is 35.2 Å². The van der Waals surface area contributed by atoms with Gasteiger partial charge in [0.05, 0.1) is 0 Å². The average molecular weight is 481 g/mol. The summed E-state index contributed by atoms with van der Waals surface area (Å²) in [6, 6.07) is 15.3. The monoisotopic (exact) mass is 481 g/mol. The van der Waals surface area contributed by atoms with E-state index in [9.17, 15) is 0 Å². The molecule has 0 heterocycles. The van der Waals surface area contributed by atoms with Crippen LogP contribution in [0.1, 0.15) is 16.7 Å². The number of thiocarbonyl (C=S) groups is 1. The standard InChI is InChI=1S/C16H14.CH2S2.Au/c1-2-6-12-8-5-10-15-14-9-4-3-7-13(14)11-16(12)15;2-1-3;/h2-5,7-10H,1,6,11H2;1H,(H,2,3);. The number of allylic oxidation sites excluding steroid dienone is 1. The molecule has 107 valence electrons. The SMILES string of the molecule is C=CCc1cccc2c1Cc1ccccc1-2.S=CS.[Au]. The van der Waals surface area contributed by atoms with Gasteiger partial charge in [-0.25, -0.2) is 0 Å². The first kappa shape index (κ1) is 17.4. The van der Waals surface area contributed by atoms with E-state index in [4.69, 9.17) is 0 Å². The molecule has 1 radical (unpaired) electrons. The molecule has 2 aromatic carbocycles. The van der Waals surface area contributed by atoms with Gasteiger partial charge in [0.25, 0.3) is 0 Å². The summed E-state index contributed by atoms with van der Waals surface area (Å²) in [7, 11) is 0. The Labute approximate surface area is 147 Å². The molecule has 0 unspecified atom stereocenters. The second kappa shape index (κ2) is 8.60. The van der Waals surface area contributed by atoms with Crippen LogP contribution in [0.5, 0.6) is 0 Å². The second-order valence-corrected chi connectivity index (χ2v) is 5.22. The summed E-state index contributed by atoms with van der Waals surface area (Å²) in [6.07, 6.45) is 4.03. The summed E-state index contributed by atoms with van der Waals surface area (Å²) in [4.78, 5) is 0. The fourth-order valence-electron chi connectivity index (χ4n) is 2.57. The van der Waals surface area contributed by atoms with Crippen molar-refractivity contribution in [1.82, 2.24) is 0 Å². The van der Waals surface area contributed by atoms with Crippen LogP contribution in [0.25, 0.3) is 11.1 Å². The molecule has 0 saturated carbocycles. The topological polar surface area (TPSA) is 0 Å². The normalized spacial score (nSPS) is 10.2. The molecule has 0 spiro atoms. The van der Waals surface area contributed by atoms with E-state index in [1.807, 2.05) is 6.08 Å². The van der Waals surface area contributed by atoms with Crippen molar-refractivity contribution in [2.45, 2.75) is 12.8 Å². The average Bonchev–Trinajstić information content (AvgIpc) is 2.80. The summed E-state index contributed by atoms with van der Waals surface area (Å²) >= 11 is 7.61. The van der Waals surface area contributed by atoms with Crippen molar-refractivity contribution in [3.05, 3.63) is 71.8 Å². The molecule has 1 aliphatic rings. The van der Waals surface area contributed by atoms with Crippen LogP contribution in [0.3, 0.4) is 0 Å². The van der Waals surface area contributed by atoms with E-state index in [-0.39, 0.29) is 22.4 Å². The molecule has 0 saturated heterocycles. The van der Waals surface area contributed by atoms with Crippen LogP contribution in [-0.4, -0.2) is 4.70 Å². The van der Waals surface area contributed by atoms with Gasteiger partial charge in [0, 0.05) is 27.1 Å². The Morgan fingerprint density at radius 1 is 1.10 bits per heavy atom. The summed E-state index contributed by atoms with van der Waals surface area (Å²) in [5, 5.41) is 0. The van der Waals surface area contributed by atoms with Crippen LogP contribution in [0.2, 0.25) is 0 Å². The first-order chi connectivity index (χ1) is 9.31. The number of fused-ring (bicyclic) bond motifs is 3. The smallest absolute Gasteiger partial charge is 0.0310 e. The zero-order valence-electron chi connectivity index (χ0n) is 11.0. The number of rotatable bonds is 2. The van der Waals surface area contributed by atoms with Gasteiger partial charge in [0.1, 0.15) is 0 Å². The zero-order valence-corrected chi connectivity index (χ0v) is 14.9. The van der Waals surface area contributed by atoms with Gasteiger partial charge in [-0.3, -0.25) is 0 Å². The Morgan fingerprint density at radius 2 is 1.75 bits per heavy atom. The summed E-state index contributed by atoms with van der Waals surface area (Å²) in [5.41, 5.74) is 7.18. The fourth-order valence-corrected chi connectivity index (χ4v) is 2.57. The molecule has 1 aliphatic carbocycles. The Bertz CT molecular complexity index is 606. The molecule has 0 aliphatic heterocycles. The Hall–Kier alpha value is -0.640. The van der Waals surface area contributed by atoms with Gasteiger partial charge in [-0.15, -0.1) is 19.2 Å². The molecule has 0 fully saturated rings. The van der Waals surface area contributed by atoms with Crippen molar-refractivity contribution < 1.29 is 22.4 Å². The van der Waals surface area contributed by atoms with Crippen LogP contribution < -0.4 is 0 Å². The van der Waals surface area contributed by atoms with Crippen molar-refractivity contribution in [3.8, 4) is 11.1 Å². The van der Waals surface area contributed by atoms with Gasteiger partial charge in [-0.05, 0) is 40.7 Å². The molecular weight excluding hydrogens is 465 g/mol. The largest absolute Gasteiger partial charge is 0.140 e. The minimum atomic E-state index is 0. The first-order valence-corrected chi connectivity index (χ1v) is 7.18. The summed E-state index contributed by atoms with van der Waals surface area (Å²) in [6.45, 7) is 3.83. The van der Waals surface area contributed by atoms with Crippen molar-refractivity contribution >= 4 is 29.5 Å². The molecule has 0 bridgehead atoms. The zero-order chi connectivity index (χ0) is 13.7. The van der Waals surface area contributed by atoms with E-state index >= 15 is 0 Å². The van der Waals surface area contributed by atoms with Crippen molar-refractivity contribution in [1.29, 1.82) is 0 Å². The van der Waals surface area contributed by atoms with Crippen LogP contribution in [0, 0.1) is 0 Å². The quantitative estimate of drug-likeness (QED) is 0.236. The summed E-state index contributed by atoms with van der Waals surface area (Å²) in [5.74, 6) is 0. The Balaban J connectivity index is 0.000000462. The predicted octanol–water partition coefficient (Wildman–Crippen LogP) is 4.86. The third kappa shape index (κ3) is 3.72. The van der Waals surface area contributed by atoms with Gasteiger partial charge >= 0.3 is 0 Å². The molecule has 0 atom stereocenters. The molecule has 20 heavy (non-hydrogen) atoms. The third-order valence-electron chi connectivity index (χ3n) is 3.31. The van der Waals surface area contributed by atoms with Crippen molar-refractivity contribution in [2.75, 3.05) is 0 Å². The first-order valence-electron chi connectivity index (χ1n) is 6.19. The summed E-state index contributed by atoms with van der Waals surface area (Å²) < 4.78 is 1.28. The molecule has 3 rings (SSSR count). The van der Waals surface area contributed by atoms with E-state index in [0.29, 0.717) is 0 Å². The van der Waals surface area contributed by atoms with Crippen LogP contribution >= 0.6 is 24.8 Å². The van der Waals surface area contributed by atoms with Gasteiger partial charge < -0.3 is 0 Å². The molecule has 0 amide bonds. The van der Waals surface area contributed by atoms with Crippen LogP contribution in [0.15, 0.2) is 55.1 Å². The van der Waals surface area contributed by atoms with Gasteiger partial charge in [-0.2, -0.15) is 0 Å². The molecule has 0 nitrogen and oxygen atoms in total. The number of thiol groups is 1. The molecule has 2 aromatic rings. The third-order valence-corrected chi connectivity index (χ3v) is 3.31. The van der Waals surface area contributed by atoms with Gasteiger partial charge in [0.15, 0.2) is 0 Å². The van der Waals surface area contributed by atoms with E-state index in [0.717, 1.165) is 12.8 Å². The number of benzene rings is 2. The van der Waals surface area contributed by atoms with E-state index in [1.165, 1.54) is 32.5 Å². The maximum Gasteiger partial charge on any atom is 0.0310 e. The van der Waals surface area contributed by atoms with Gasteiger partial charge in [-0.1, -0.05) is 60.8 Å². The minimum Gasteiger partial charge on any atom is -0.140 e. The minimum absolute atomic E-state index is 0. The van der Waals surface area contributed by atoms with E-state index in [2.05, 4.69) is 73.9 Å². The van der Waals surface area contributed by atoms with E-state index < -0.39 is 0 Å². The van der Waals surface area contributed by atoms with Crippen molar-refractivity contribution in [2.24, 2.45) is 0 Å². The Kier molecular flexibility index (Phi) is 7.49. The number of hydrogen-bond acceptors (Lipinski definition) is 1. The number of hydrogen-bond donors (Lipinski definition) is 1. The van der Waals surface area contributed by atoms with E-state index in [1.54, 1.807) is 0 Å². The molecule has 3 heteroatoms. The molecule has 0 aromatic heterocycles. The van der Waals surface area contributed by atoms with Gasteiger partial charge in [0.2, 0.25) is 0 Å². The maximum atomic E-state index is 4.13. The Morgan fingerprint density at radius 3 is 2.45 bits per heavy atom. The predicted molar refractivity (Wildman–Crippen MR) is 91.2 cm³/mol. The fraction of sp³-hybridized carbons (Fsp3) is 0.118. The van der Waals surface area contributed by atoms with Crippen molar-refractivity contribution in [3.63, 3.8) is 0 Å².